The molecule has 0 saturated carbocycles. The molecule has 8 nitrogen and oxygen atoms in total. The van der Waals surface area contributed by atoms with Crippen molar-refractivity contribution in [1.29, 1.82) is 0 Å². The fourth-order valence-corrected chi connectivity index (χ4v) is 3.08. The van der Waals surface area contributed by atoms with Crippen LogP contribution < -0.4 is 10.6 Å². The maximum Gasteiger partial charge on any atom is 0.241 e. The number of guanidine groups is 1. The lowest BCUT2D eigenvalue weighted by Gasteiger charge is -2.17. The minimum atomic E-state index is 0.00258. The monoisotopic (exact) mass is 398 g/mol. The fraction of sp³-hybridized carbons (Fsp3) is 0.476. The van der Waals surface area contributed by atoms with Gasteiger partial charge in [0.2, 0.25) is 5.91 Å². The van der Waals surface area contributed by atoms with Gasteiger partial charge in [0, 0.05) is 45.6 Å². The van der Waals surface area contributed by atoms with Crippen molar-refractivity contribution in [3.63, 3.8) is 0 Å². The molecule has 1 atom stereocenters. The third kappa shape index (κ3) is 6.60. The molecule has 1 fully saturated rings. The van der Waals surface area contributed by atoms with Crippen LogP contribution in [0.15, 0.2) is 47.7 Å². The highest BCUT2D eigenvalue weighted by Crippen LogP contribution is 2.12. The Labute approximate surface area is 171 Å². The van der Waals surface area contributed by atoms with Gasteiger partial charge in [0.25, 0.3) is 0 Å². The van der Waals surface area contributed by atoms with E-state index < -0.39 is 0 Å². The average molecular weight is 399 g/mol. The smallest absolute Gasteiger partial charge is 0.241 e. The summed E-state index contributed by atoms with van der Waals surface area (Å²) in [5, 5.41) is 10.8. The SMILES string of the molecule is CN(C)C(=O)CNC(=NCc1ccccc1Cn1cccn1)NCC1CCOC1. The third-order valence-electron chi connectivity index (χ3n) is 4.91. The van der Waals surface area contributed by atoms with E-state index in [1.807, 2.05) is 29.1 Å². The van der Waals surface area contributed by atoms with E-state index in [4.69, 9.17) is 9.73 Å². The molecule has 2 N–H and O–H groups in total. The molecule has 2 aromatic rings. The predicted molar refractivity (Wildman–Crippen MR) is 113 cm³/mol. The van der Waals surface area contributed by atoms with Gasteiger partial charge in [-0.25, -0.2) is 4.99 Å². The summed E-state index contributed by atoms with van der Waals surface area (Å²) < 4.78 is 7.34. The first kappa shape index (κ1) is 20.9. The number of aliphatic imine (C=N–C) groups is 1. The summed E-state index contributed by atoms with van der Waals surface area (Å²) in [7, 11) is 3.49. The molecule has 2 heterocycles. The maximum absolute atomic E-state index is 12.0. The second-order valence-corrected chi connectivity index (χ2v) is 7.39. The van der Waals surface area contributed by atoms with Crippen molar-refractivity contribution in [2.24, 2.45) is 10.9 Å². The molecule has 1 aliphatic rings. The first-order valence-corrected chi connectivity index (χ1v) is 9.96. The highest BCUT2D eigenvalue weighted by molar-refractivity contribution is 5.86. The first-order chi connectivity index (χ1) is 14.1. The number of nitrogens with zero attached hydrogens (tertiary/aromatic N) is 4. The number of hydrogen-bond acceptors (Lipinski definition) is 4. The van der Waals surface area contributed by atoms with E-state index in [9.17, 15) is 4.79 Å². The maximum atomic E-state index is 12.0. The van der Waals surface area contributed by atoms with E-state index in [2.05, 4.69) is 27.9 Å². The summed E-state index contributed by atoms with van der Waals surface area (Å²) in [6.45, 7) is 3.78. The van der Waals surface area contributed by atoms with Gasteiger partial charge in [0.05, 0.1) is 26.2 Å². The Bertz CT molecular complexity index is 797. The van der Waals surface area contributed by atoms with Crippen LogP contribution in [-0.2, 0) is 22.6 Å². The van der Waals surface area contributed by atoms with Crippen molar-refractivity contribution >= 4 is 11.9 Å². The molecule has 0 spiro atoms. The zero-order chi connectivity index (χ0) is 20.5. The lowest BCUT2D eigenvalue weighted by molar-refractivity contribution is -0.127. The van der Waals surface area contributed by atoms with Gasteiger partial charge >= 0.3 is 0 Å². The standard InChI is InChI=1S/C21H30N6O2/c1-26(2)20(28)14-24-21(22-12-17-8-11-29-16-17)23-13-18-6-3-4-7-19(18)15-27-10-5-9-25-27/h3-7,9-10,17H,8,11-16H2,1-2H3,(H2,22,23,24). The summed E-state index contributed by atoms with van der Waals surface area (Å²) in [5.41, 5.74) is 2.31. The van der Waals surface area contributed by atoms with E-state index in [1.165, 1.54) is 5.56 Å². The molecule has 1 aliphatic heterocycles. The van der Waals surface area contributed by atoms with Crippen LogP contribution in [0.1, 0.15) is 17.5 Å². The van der Waals surface area contributed by atoms with Crippen molar-refractivity contribution in [3.8, 4) is 0 Å². The van der Waals surface area contributed by atoms with Crippen LogP contribution in [0.2, 0.25) is 0 Å². The number of nitrogens with one attached hydrogen (secondary N) is 2. The van der Waals surface area contributed by atoms with Gasteiger partial charge in [-0.1, -0.05) is 24.3 Å². The quantitative estimate of drug-likeness (QED) is 0.514. The Morgan fingerprint density at radius 1 is 1.28 bits per heavy atom. The summed E-state index contributed by atoms with van der Waals surface area (Å²) in [5.74, 6) is 1.11. The van der Waals surface area contributed by atoms with E-state index in [0.29, 0.717) is 25.0 Å². The molecular weight excluding hydrogens is 368 g/mol. The Balaban J connectivity index is 1.66. The van der Waals surface area contributed by atoms with Gasteiger partial charge in [-0.3, -0.25) is 9.48 Å². The van der Waals surface area contributed by atoms with E-state index in [1.54, 1.807) is 25.2 Å². The summed E-state index contributed by atoms with van der Waals surface area (Å²) in [6, 6.07) is 10.1. The molecule has 3 rings (SSSR count). The summed E-state index contributed by atoms with van der Waals surface area (Å²) in [6.07, 6.45) is 4.77. The Hall–Kier alpha value is -2.87. The second-order valence-electron chi connectivity index (χ2n) is 7.39. The number of carbonyl (C=O) groups excluding carboxylic acids is 1. The van der Waals surface area contributed by atoms with E-state index in [-0.39, 0.29) is 12.5 Å². The Morgan fingerprint density at radius 2 is 2.10 bits per heavy atom. The van der Waals surface area contributed by atoms with E-state index in [0.717, 1.165) is 31.7 Å². The van der Waals surface area contributed by atoms with Gasteiger partial charge in [-0.05, 0) is 23.6 Å². The number of aromatic nitrogens is 2. The third-order valence-corrected chi connectivity index (χ3v) is 4.91. The molecule has 1 aromatic heterocycles. The highest BCUT2D eigenvalue weighted by Gasteiger charge is 2.16. The van der Waals surface area contributed by atoms with Crippen molar-refractivity contribution < 1.29 is 9.53 Å². The molecule has 0 aliphatic carbocycles. The van der Waals surface area contributed by atoms with Crippen molar-refractivity contribution in [3.05, 3.63) is 53.9 Å². The number of amides is 1. The van der Waals surface area contributed by atoms with E-state index >= 15 is 0 Å². The number of carbonyl (C=O) groups is 1. The minimum absolute atomic E-state index is 0.00258. The predicted octanol–water partition coefficient (Wildman–Crippen LogP) is 1.09. The average Bonchev–Trinajstić information content (AvgIpc) is 3.42. The summed E-state index contributed by atoms with van der Waals surface area (Å²) >= 11 is 0. The topological polar surface area (TPSA) is 83.8 Å². The number of rotatable bonds is 8. The molecule has 1 amide bonds. The van der Waals surface area contributed by atoms with Gasteiger partial charge in [0.15, 0.2) is 5.96 Å². The molecular formula is C21H30N6O2. The molecule has 29 heavy (non-hydrogen) atoms. The fourth-order valence-electron chi connectivity index (χ4n) is 3.08. The number of likely N-dealkylation sites (N-methyl/N-ethyl adjacent to an activating group) is 1. The van der Waals surface area contributed by atoms with Gasteiger partial charge in [0.1, 0.15) is 0 Å². The van der Waals surface area contributed by atoms with Crippen LogP contribution in [0.25, 0.3) is 0 Å². The molecule has 156 valence electrons. The van der Waals surface area contributed by atoms with Gasteiger partial charge in [-0.15, -0.1) is 0 Å². The van der Waals surface area contributed by atoms with Gasteiger partial charge in [-0.2, -0.15) is 5.10 Å². The van der Waals surface area contributed by atoms with Crippen LogP contribution >= 0.6 is 0 Å². The minimum Gasteiger partial charge on any atom is -0.381 e. The van der Waals surface area contributed by atoms with Crippen LogP contribution in [0.3, 0.4) is 0 Å². The van der Waals surface area contributed by atoms with Crippen molar-refractivity contribution in [2.75, 3.05) is 40.4 Å². The number of benzene rings is 1. The number of hydrogen-bond donors (Lipinski definition) is 2. The van der Waals surface area contributed by atoms with Crippen LogP contribution in [0.4, 0.5) is 0 Å². The lowest BCUT2D eigenvalue weighted by Crippen LogP contribution is -2.44. The van der Waals surface area contributed by atoms with Crippen molar-refractivity contribution in [1.82, 2.24) is 25.3 Å². The zero-order valence-electron chi connectivity index (χ0n) is 17.2. The molecule has 1 unspecified atom stereocenters. The largest absolute Gasteiger partial charge is 0.381 e. The summed E-state index contributed by atoms with van der Waals surface area (Å²) in [4.78, 5) is 18.3. The molecule has 8 heteroatoms. The normalized spacial score (nSPS) is 16.6. The molecule has 1 saturated heterocycles. The first-order valence-electron chi connectivity index (χ1n) is 9.96. The lowest BCUT2D eigenvalue weighted by atomic mass is 10.1. The van der Waals surface area contributed by atoms with Crippen LogP contribution in [0.5, 0.6) is 0 Å². The molecule has 1 aromatic carbocycles. The Kier molecular flexibility index (Phi) is 7.63. The highest BCUT2D eigenvalue weighted by atomic mass is 16.5. The molecule has 0 bridgehead atoms. The zero-order valence-corrected chi connectivity index (χ0v) is 17.2. The van der Waals surface area contributed by atoms with Crippen LogP contribution in [0, 0.1) is 5.92 Å². The van der Waals surface area contributed by atoms with Gasteiger partial charge < -0.3 is 20.3 Å². The van der Waals surface area contributed by atoms with Crippen LogP contribution in [-0.4, -0.2) is 66.9 Å². The number of ether oxygens (including phenoxy) is 1. The molecule has 0 radical (unpaired) electrons. The van der Waals surface area contributed by atoms with Crippen molar-refractivity contribution in [2.45, 2.75) is 19.5 Å². The second kappa shape index (κ2) is 10.6. The Morgan fingerprint density at radius 3 is 2.79 bits per heavy atom.